The normalized spacial score (nSPS) is 12.8. The number of imide groups is 1. The van der Waals surface area contributed by atoms with Crippen LogP contribution in [-0.4, -0.2) is 48.4 Å². The van der Waals surface area contributed by atoms with Gasteiger partial charge in [0.15, 0.2) is 6.17 Å². The second-order valence-electron chi connectivity index (χ2n) is 9.12. The van der Waals surface area contributed by atoms with Crippen LogP contribution in [0.15, 0.2) is 48.5 Å². The number of benzene rings is 2. The zero-order valence-electron chi connectivity index (χ0n) is 21.1. The predicted molar refractivity (Wildman–Crippen MR) is 136 cm³/mol. The molecule has 0 heterocycles. The number of hydrogen-bond acceptors (Lipinski definition) is 5. The molecule has 0 saturated carbocycles. The van der Waals surface area contributed by atoms with Crippen molar-refractivity contribution in [2.45, 2.75) is 58.5 Å². The van der Waals surface area contributed by atoms with Crippen molar-refractivity contribution >= 4 is 29.6 Å². The fourth-order valence-corrected chi connectivity index (χ4v) is 3.57. The molecule has 2 N–H and O–H groups in total. The van der Waals surface area contributed by atoms with Crippen LogP contribution < -0.4 is 15.4 Å². The van der Waals surface area contributed by atoms with Gasteiger partial charge in [0.25, 0.3) is 5.91 Å². The van der Waals surface area contributed by atoms with Crippen LogP contribution in [0.4, 0.5) is 14.0 Å². The molecule has 36 heavy (non-hydrogen) atoms. The Morgan fingerprint density at radius 3 is 2.36 bits per heavy atom. The summed E-state index contributed by atoms with van der Waals surface area (Å²) in [6.45, 7) is 6.10. The van der Waals surface area contributed by atoms with Crippen LogP contribution in [0.2, 0.25) is 5.02 Å². The molecule has 0 aliphatic rings. The number of alkyl halides is 1. The molecular formula is C26H33ClFN3O5. The number of carbonyl (C=O) groups excluding carboxylic acids is 3. The molecule has 0 radical (unpaired) electrons. The molecule has 2 rings (SSSR count). The number of halogens is 2. The number of urea groups is 1. The van der Waals surface area contributed by atoms with Crippen molar-refractivity contribution in [2.75, 3.05) is 13.7 Å². The predicted octanol–water partition coefficient (Wildman–Crippen LogP) is 5.40. The molecule has 0 aromatic heterocycles. The van der Waals surface area contributed by atoms with Gasteiger partial charge in [-0.05, 0) is 51.0 Å². The maximum atomic E-state index is 15.0. The summed E-state index contributed by atoms with van der Waals surface area (Å²) >= 11 is 6.08. The lowest BCUT2D eigenvalue weighted by molar-refractivity contribution is -0.125. The molecule has 4 amide bonds. The Bertz CT molecular complexity index is 1050. The first-order valence-electron chi connectivity index (χ1n) is 11.5. The smallest absolute Gasteiger partial charge is 0.410 e. The summed E-state index contributed by atoms with van der Waals surface area (Å²) in [5.74, 6) is -0.749. The van der Waals surface area contributed by atoms with Gasteiger partial charge in [-0.1, -0.05) is 48.9 Å². The number of hydrogen-bond donors (Lipinski definition) is 2. The number of ether oxygens (including phenoxy) is 2. The van der Waals surface area contributed by atoms with Crippen LogP contribution >= 0.6 is 11.6 Å². The Labute approximate surface area is 216 Å². The fraction of sp³-hybridized carbons (Fsp3) is 0.423. The monoisotopic (exact) mass is 521 g/mol. The van der Waals surface area contributed by atoms with Gasteiger partial charge in [-0.3, -0.25) is 10.1 Å². The van der Waals surface area contributed by atoms with Gasteiger partial charge in [-0.25, -0.2) is 14.0 Å². The highest BCUT2D eigenvalue weighted by Crippen LogP contribution is 2.25. The van der Waals surface area contributed by atoms with Gasteiger partial charge >= 0.3 is 12.1 Å². The minimum Gasteiger partial charge on any atom is -0.496 e. The summed E-state index contributed by atoms with van der Waals surface area (Å²) in [7, 11) is 1.45. The van der Waals surface area contributed by atoms with Gasteiger partial charge in [0.05, 0.1) is 26.2 Å². The van der Waals surface area contributed by atoms with E-state index >= 15 is 4.39 Å². The van der Waals surface area contributed by atoms with Crippen molar-refractivity contribution in [3.05, 3.63) is 64.7 Å². The SMILES string of the molecule is CCC(NC(=O)NC(=O)C(F)CN(Cc1cc(Cl)ccc1OC)C(=O)OC(C)(C)C)c1ccccc1. The Morgan fingerprint density at radius 1 is 1.11 bits per heavy atom. The van der Waals surface area contributed by atoms with Crippen LogP contribution in [-0.2, 0) is 16.1 Å². The quantitative estimate of drug-likeness (QED) is 0.460. The first-order valence-corrected chi connectivity index (χ1v) is 11.9. The Balaban J connectivity index is 2.11. The molecule has 0 aliphatic carbocycles. The lowest BCUT2D eigenvalue weighted by Gasteiger charge is -2.28. The molecule has 196 valence electrons. The summed E-state index contributed by atoms with van der Waals surface area (Å²) < 4.78 is 25.7. The van der Waals surface area contributed by atoms with E-state index in [0.717, 1.165) is 10.5 Å². The highest BCUT2D eigenvalue weighted by molar-refractivity contribution is 6.30. The minimum absolute atomic E-state index is 0.134. The largest absolute Gasteiger partial charge is 0.496 e. The maximum Gasteiger partial charge on any atom is 0.410 e. The van der Waals surface area contributed by atoms with Crippen LogP contribution in [0.1, 0.15) is 51.3 Å². The van der Waals surface area contributed by atoms with Crippen molar-refractivity contribution < 1.29 is 28.2 Å². The van der Waals surface area contributed by atoms with Gasteiger partial charge in [-0.15, -0.1) is 0 Å². The number of carbonyl (C=O) groups is 3. The van der Waals surface area contributed by atoms with Gasteiger partial charge in [0, 0.05) is 10.6 Å². The molecule has 2 aromatic rings. The van der Waals surface area contributed by atoms with Gasteiger partial charge in [0.1, 0.15) is 11.4 Å². The van der Waals surface area contributed by atoms with Crippen molar-refractivity contribution in [2.24, 2.45) is 0 Å². The highest BCUT2D eigenvalue weighted by atomic mass is 35.5. The summed E-state index contributed by atoms with van der Waals surface area (Å²) in [4.78, 5) is 38.7. The average Bonchev–Trinajstić information content (AvgIpc) is 2.81. The van der Waals surface area contributed by atoms with E-state index in [9.17, 15) is 14.4 Å². The molecule has 2 aromatic carbocycles. The molecule has 0 aliphatic heterocycles. The Hall–Kier alpha value is -3.33. The minimum atomic E-state index is -2.20. The highest BCUT2D eigenvalue weighted by Gasteiger charge is 2.30. The number of rotatable bonds is 9. The van der Waals surface area contributed by atoms with E-state index in [4.69, 9.17) is 21.1 Å². The van der Waals surface area contributed by atoms with Gasteiger partial charge in [-0.2, -0.15) is 0 Å². The molecule has 0 bridgehead atoms. The second kappa shape index (κ2) is 13.1. The molecule has 0 fully saturated rings. The van der Waals surface area contributed by atoms with Crippen LogP contribution in [0.25, 0.3) is 0 Å². The summed E-state index contributed by atoms with van der Waals surface area (Å²) in [6.07, 6.45) is -2.47. The molecule has 2 unspecified atom stereocenters. The molecular weight excluding hydrogens is 489 g/mol. The van der Waals surface area contributed by atoms with E-state index in [1.54, 1.807) is 39.0 Å². The summed E-state index contributed by atoms with van der Waals surface area (Å²) in [6, 6.07) is 12.8. The van der Waals surface area contributed by atoms with Gasteiger partial charge < -0.3 is 19.7 Å². The molecule has 0 saturated heterocycles. The van der Waals surface area contributed by atoms with E-state index < -0.39 is 36.3 Å². The van der Waals surface area contributed by atoms with Crippen LogP contribution in [0.3, 0.4) is 0 Å². The second-order valence-corrected chi connectivity index (χ2v) is 9.56. The Kier molecular flexibility index (Phi) is 10.5. The topological polar surface area (TPSA) is 97.0 Å². The van der Waals surface area contributed by atoms with E-state index in [1.165, 1.54) is 7.11 Å². The molecule has 0 spiro atoms. The maximum absolute atomic E-state index is 15.0. The third-order valence-corrected chi connectivity index (χ3v) is 5.31. The molecule has 2 atom stereocenters. The summed E-state index contributed by atoms with van der Waals surface area (Å²) in [5.41, 5.74) is 0.495. The fourth-order valence-electron chi connectivity index (χ4n) is 3.37. The van der Waals surface area contributed by atoms with Crippen molar-refractivity contribution in [1.82, 2.24) is 15.5 Å². The average molecular weight is 522 g/mol. The van der Waals surface area contributed by atoms with Crippen LogP contribution in [0.5, 0.6) is 5.75 Å². The van der Waals surface area contributed by atoms with Crippen molar-refractivity contribution in [3.8, 4) is 5.75 Å². The van der Waals surface area contributed by atoms with E-state index in [0.29, 0.717) is 22.8 Å². The van der Waals surface area contributed by atoms with Gasteiger partial charge in [0.2, 0.25) is 0 Å². The zero-order chi connectivity index (χ0) is 26.9. The third-order valence-electron chi connectivity index (χ3n) is 5.07. The third kappa shape index (κ3) is 9.03. The van der Waals surface area contributed by atoms with Crippen molar-refractivity contribution in [3.63, 3.8) is 0 Å². The van der Waals surface area contributed by atoms with Crippen molar-refractivity contribution in [1.29, 1.82) is 0 Å². The Morgan fingerprint density at radius 2 is 1.78 bits per heavy atom. The van der Waals surface area contributed by atoms with E-state index in [-0.39, 0.29) is 12.6 Å². The number of nitrogens with zero attached hydrogens (tertiary/aromatic N) is 1. The lowest BCUT2D eigenvalue weighted by atomic mass is 10.1. The first kappa shape index (κ1) is 28.9. The standard InChI is InChI=1S/C26H33ClFN3O5/c1-6-21(17-10-8-7-9-11-17)29-24(33)30-23(32)20(28)16-31(25(34)36-26(2,3)4)15-18-14-19(27)12-13-22(18)35-5/h7-14,20-21H,6,15-16H2,1-5H3,(H2,29,30,32,33). The lowest BCUT2D eigenvalue weighted by Crippen LogP contribution is -2.48. The number of amides is 4. The number of nitrogens with one attached hydrogen (secondary N) is 2. The van der Waals surface area contributed by atoms with E-state index in [1.807, 2.05) is 42.6 Å². The summed E-state index contributed by atoms with van der Waals surface area (Å²) in [5, 5.41) is 5.07. The molecule has 8 nitrogen and oxygen atoms in total. The molecule has 10 heteroatoms. The zero-order valence-corrected chi connectivity index (χ0v) is 21.9. The van der Waals surface area contributed by atoms with E-state index in [2.05, 4.69) is 5.32 Å². The van der Waals surface area contributed by atoms with Crippen LogP contribution in [0, 0.1) is 0 Å². The first-order chi connectivity index (χ1) is 16.9. The number of methoxy groups -OCH3 is 1.